The molecule has 0 aliphatic carbocycles. The van der Waals surface area contributed by atoms with E-state index >= 15 is 0 Å². The number of rotatable bonds is 3. The van der Waals surface area contributed by atoms with E-state index in [0.717, 1.165) is 12.1 Å². The summed E-state index contributed by atoms with van der Waals surface area (Å²) < 4.78 is 62.3. The third-order valence-electron chi connectivity index (χ3n) is 2.37. The Morgan fingerprint density at radius 2 is 1.90 bits per heavy atom. The lowest BCUT2D eigenvalue weighted by atomic mass is 10.1. The molecule has 0 fully saturated rings. The molecule has 0 atom stereocenters. The Bertz CT molecular complexity index is 771. The molecule has 20 heavy (non-hydrogen) atoms. The average Bonchev–Trinajstić information content (AvgIpc) is 2.36. The van der Waals surface area contributed by atoms with Crippen molar-refractivity contribution in [2.45, 2.75) is 5.51 Å². The molecule has 0 saturated carbocycles. The highest BCUT2D eigenvalue weighted by atomic mass is 32.2. The van der Waals surface area contributed by atoms with Gasteiger partial charge in [-0.05, 0) is 23.6 Å². The van der Waals surface area contributed by atoms with Crippen molar-refractivity contribution in [3.8, 4) is 5.75 Å². The van der Waals surface area contributed by atoms with Gasteiger partial charge < -0.3 is 4.18 Å². The molecule has 0 spiro atoms. The van der Waals surface area contributed by atoms with Crippen molar-refractivity contribution in [3.63, 3.8) is 0 Å². The predicted octanol–water partition coefficient (Wildman–Crippen LogP) is 2.28. The van der Waals surface area contributed by atoms with Gasteiger partial charge in [-0.15, -0.1) is 0 Å². The van der Waals surface area contributed by atoms with Gasteiger partial charge in [-0.2, -0.15) is 21.6 Å². The molecule has 1 heterocycles. The fourth-order valence-corrected chi connectivity index (χ4v) is 1.94. The fourth-order valence-electron chi connectivity index (χ4n) is 1.49. The number of aromatic nitrogens is 1. The molecule has 106 valence electrons. The van der Waals surface area contributed by atoms with Gasteiger partial charge in [0.05, 0.1) is 0 Å². The van der Waals surface area contributed by atoms with E-state index in [-0.39, 0.29) is 11.1 Å². The lowest BCUT2D eigenvalue weighted by Crippen LogP contribution is -2.28. The third-order valence-corrected chi connectivity index (χ3v) is 3.35. The molecule has 0 aliphatic heterocycles. The number of hydrogen-bond acceptors (Lipinski definition) is 5. The van der Waals surface area contributed by atoms with Crippen molar-refractivity contribution in [3.05, 3.63) is 36.2 Å². The van der Waals surface area contributed by atoms with E-state index in [0.29, 0.717) is 11.7 Å². The number of pyridine rings is 1. The standard InChI is InChI=1S/C11H6F3NO4S/c12-11(13,14)20(17,18)19-8-2-1-7-3-4-15-10(6-16)9(7)5-8/h1-6H. The van der Waals surface area contributed by atoms with Crippen molar-refractivity contribution >= 4 is 27.2 Å². The van der Waals surface area contributed by atoms with Crippen LogP contribution in [-0.4, -0.2) is 25.2 Å². The van der Waals surface area contributed by atoms with Crippen LogP contribution in [-0.2, 0) is 10.1 Å². The van der Waals surface area contributed by atoms with Crippen LogP contribution in [0.5, 0.6) is 5.75 Å². The number of aldehydes is 1. The molecule has 2 aromatic rings. The molecule has 0 N–H and O–H groups in total. The number of carbonyl (C=O) groups excluding carboxylic acids is 1. The van der Waals surface area contributed by atoms with Crippen LogP contribution in [0.4, 0.5) is 13.2 Å². The minimum Gasteiger partial charge on any atom is -0.376 e. The highest BCUT2D eigenvalue weighted by Gasteiger charge is 2.48. The smallest absolute Gasteiger partial charge is 0.376 e. The van der Waals surface area contributed by atoms with Crippen molar-refractivity contribution in [1.29, 1.82) is 0 Å². The largest absolute Gasteiger partial charge is 0.534 e. The van der Waals surface area contributed by atoms with Crippen LogP contribution in [0.3, 0.4) is 0 Å². The van der Waals surface area contributed by atoms with Crippen molar-refractivity contribution in [1.82, 2.24) is 4.98 Å². The van der Waals surface area contributed by atoms with E-state index < -0.39 is 21.4 Å². The first-order valence-corrected chi connectivity index (χ1v) is 6.50. The van der Waals surface area contributed by atoms with Gasteiger partial charge in [-0.1, -0.05) is 6.07 Å². The Kier molecular flexibility index (Phi) is 3.38. The Balaban J connectivity index is 2.50. The lowest BCUT2D eigenvalue weighted by Gasteiger charge is -2.10. The Morgan fingerprint density at radius 3 is 2.50 bits per heavy atom. The monoisotopic (exact) mass is 305 g/mol. The first-order valence-electron chi connectivity index (χ1n) is 5.09. The van der Waals surface area contributed by atoms with Gasteiger partial charge in [-0.25, -0.2) is 0 Å². The fraction of sp³-hybridized carbons (Fsp3) is 0.0909. The Morgan fingerprint density at radius 1 is 1.20 bits per heavy atom. The van der Waals surface area contributed by atoms with Crippen molar-refractivity contribution in [2.75, 3.05) is 0 Å². The number of halogens is 3. The van der Waals surface area contributed by atoms with Gasteiger partial charge in [-0.3, -0.25) is 9.78 Å². The summed E-state index contributed by atoms with van der Waals surface area (Å²) in [5.74, 6) is -0.550. The molecule has 1 aromatic heterocycles. The second-order valence-electron chi connectivity index (χ2n) is 3.68. The lowest BCUT2D eigenvalue weighted by molar-refractivity contribution is -0.0500. The van der Waals surface area contributed by atoms with E-state index in [1.807, 2.05) is 0 Å². The van der Waals surface area contributed by atoms with Gasteiger partial charge in [0.15, 0.2) is 6.29 Å². The zero-order valence-corrected chi connectivity index (χ0v) is 10.4. The van der Waals surface area contributed by atoms with E-state index in [9.17, 15) is 26.4 Å². The average molecular weight is 305 g/mol. The Labute approximate surface area is 111 Å². The zero-order valence-electron chi connectivity index (χ0n) is 9.59. The summed E-state index contributed by atoms with van der Waals surface area (Å²) in [6.45, 7) is 0. The number of hydrogen-bond donors (Lipinski definition) is 0. The van der Waals surface area contributed by atoms with Crippen LogP contribution in [0, 0.1) is 0 Å². The topological polar surface area (TPSA) is 73.3 Å². The van der Waals surface area contributed by atoms with E-state index in [4.69, 9.17) is 0 Å². The van der Waals surface area contributed by atoms with E-state index in [2.05, 4.69) is 9.17 Å². The van der Waals surface area contributed by atoms with Crippen LogP contribution in [0.1, 0.15) is 10.5 Å². The van der Waals surface area contributed by atoms with Gasteiger partial charge in [0.1, 0.15) is 11.4 Å². The van der Waals surface area contributed by atoms with Crippen molar-refractivity contribution in [2.24, 2.45) is 0 Å². The van der Waals surface area contributed by atoms with Crippen LogP contribution in [0.25, 0.3) is 10.8 Å². The van der Waals surface area contributed by atoms with Gasteiger partial charge in [0.2, 0.25) is 0 Å². The SMILES string of the molecule is O=Cc1nccc2ccc(OS(=O)(=O)C(F)(F)F)cc12. The molecule has 0 unspecified atom stereocenters. The number of nitrogens with zero attached hydrogens (tertiary/aromatic N) is 1. The molecule has 5 nitrogen and oxygen atoms in total. The predicted molar refractivity (Wildman–Crippen MR) is 62.7 cm³/mol. The highest BCUT2D eigenvalue weighted by Crippen LogP contribution is 2.29. The molecule has 9 heteroatoms. The molecule has 2 rings (SSSR count). The third kappa shape index (κ3) is 2.57. The molecule has 0 radical (unpaired) electrons. The van der Waals surface area contributed by atoms with Crippen molar-refractivity contribution < 1.29 is 30.6 Å². The summed E-state index contributed by atoms with van der Waals surface area (Å²) in [6, 6.07) is 4.91. The minimum atomic E-state index is -5.75. The molecule has 0 bridgehead atoms. The molecule has 0 saturated heterocycles. The Hall–Kier alpha value is -2.16. The summed E-state index contributed by atoms with van der Waals surface area (Å²) in [7, 11) is -5.75. The summed E-state index contributed by atoms with van der Waals surface area (Å²) in [5, 5.41) is 0.705. The maximum absolute atomic E-state index is 12.2. The molecular formula is C11H6F3NO4S. The first kappa shape index (κ1) is 14.3. The molecule has 0 amide bonds. The van der Waals surface area contributed by atoms with Crippen LogP contribution in [0.15, 0.2) is 30.5 Å². The van der Waals surface area contributed by atoms with E-state index in [1.165, 1.54) is 18.3 Å². The maximum atomic E-state index is 12.2. The first-order chi connectivity index (χ1) is 9.24. The molecule has 0 aliphatic rings. The molecular weight excluding hydrogens is 299 g/mol. The van der Waals surface area contributed by atoms with E-state index in [1.54, 1.807) is 0 Å². The summed E-state index contributed by atoms with van der Waals surface area (Å²) in [4.78, 5) is 14.5. The van der Waals surface area contributed by atoms with Crippen LogP contribution in [0.2, 0.25) is 0 Å². The van der Waals surface area contributed by atoms with Crippen LogP contribution < -0.4 is 4.18 Å². The second-order valence-corrected chi connectivity index (χ2v) is 5.22. The summed E-state index contributed by atoms with van der Waals surface area (Å²) in [6.07, 6.45) is 1.75. The second kappa shape index (κ2) is 4.75. The number of fused-ring (bicyclic) bond motifs is 1. The normalized spacial score (nSPS) is 12.3. The molecule has 1 aromatic carbocycles. The number of carbonyl (C=O) groups is 1. The highest BCUT2D eigenvalue weighted by molar-refractivity contribution is 7.88. The quantitative estimate of drug-likeness (QED) is 0.494. The summed E-state index contributed by atoms with van der Waals surface area (Å²) >= 11 is 0. The summed E-state index contributed by atoms with van der Waals surface area (Å²) in [5.41, 5.74) is -5.55. The number of alkyl halides is 3. The van der Waals surface area contributed by atoms with Crippen LogP contribution >= 0.6 is 0 Å². The van der Waals surface area contributed by atoms with Gasteiger partial charge in [0.25, 0.3) is 0 Å². The van der Waals surface area contributed by atoms with Gasteiger partial charge >= 0.3 is 15.6 Å². The maximum Gasteiger partial charge on any atom is 0.534 e. The minimum absolute atomic E-state index is 0.0302. The zero-order chi connectivity index (χ0) is 15.0. The van der Waals surface area contributed by atoms with Gasteiger partial charge in [0, 0.05) is 11.6 Å². The number of benzene rings is 1.